The van der Waals surface area contributed by atoms with E-state index in [4.69, 9.17) is 14.2 Å². The minimum atomic E-state index is -0.881. The summed E-state index contributed by atoms with van der Waals surface area (Å²) in [4.78, 5) is 46.3. The maximum absolute atomic E-state index is 14.0. The second-order valence-corrected chi connectivity index (χ2v) is 10.8. The van der Waals surface area contributed by atoms with Gasteiger partial charge in [-0.2, -0.15) is 0 Å². The van der Waals surface area contributed by atoms with E-state index in [1.165, 1.54) is 0 Å². The van der Waals surface area contributed by atoms with Crippen LogP contribution in [0.3, 0.4) is 0 Å². The molecule has 43 heavy (non-hydrogen) atoms. The first-order valence-electron chi connectivity index (χ1n) is 14.8. The highest BCUT2D eigenvalue weighted by Crippen LogP contribution is 2.34. The van der Waals surface area contributed by atoms with Gasteiger partial charge in [-0.3, -0.25) is 14.4 Å². The van der Waals surface area contributed by atoms with Crippen molar-refractivity contribution >= 4 is 23.5 Å². The van der Waals surface area contributed by atoms with E-state index >= 15 is 0 Å². The van der Waals surface area contributed by atoms with Crippen molar-refractivity contribution in [2.75, 3.05) is 19.2 Å². The molecule has 3 aromatic rings. The van der Waals surface area contributed by atoms with Gasteiger partial charge in [-0.15, -0.1) is 0 Å². The molecule has 2 aliphatic rings. The molecule has 0 radical (unpaired) electrons. The van der Waals surface area contributed by atoms with Crippen molar-refractivity contribution in [3.63, 3.8) is 0 Å². The Kier molecular flexibility index (Phi) is 10.1. The summed E-state index contributed by atoms with van der Waals surface area (Å²) in [6.45, 7) is 0.310. The number of nitrogens with one attached hydrogen (secondary N) is 2. The fourth-order valence-electron chi connectivity index (χ4n) is 5.53. The average molecular weight is 587 g/mol. The zero-order valence-corrected chi connectivity index (χ0v) is 24.4. The first-order valence-corrected chi connectivity index (χ1v) is 14.8. The van der Waals surface area contributed by atoms with Gasteiger partial charge in [-0.1, -0.05) is 43.5 Å². The fraction of sp³-hybridized carbons (Fsp3) is 0.394. The lowest BCUT2D eigenvalue weighted by Gasteiger charge is -2.33. The van der Waals surface area contributed by atoms with E-state index in [0.29, 0.717) is 35.1 Å². The van der Waals surface area contributed by atoms with Gasteiger partial charge in [0.2, 0.25) is 24.5 Å². The third-order valence-corrected chi connectivity index (χ3v) is 7.78. The zero-order chi connectivity index (χ0) is 30.0. The minimum Gasteiger partial charge on any atom is -0.497 e. The monoisotopic (exact) mass is 586 g/mol. The highest BCUT2D eigenvalue weighted by molar-refractivity contribution is 5.91. The zero-order valence-electron chi connectivity index (χ0n) is 24.4. The second-order valence-electron chi connectivity index (χ2n) is 10.8. The number of methoxy groups -OCH3 is 1. The number of nitrogens with zero attached hydrogens (tertiary/aromatic N) is 2. The quantitative estimate of drug-likeness (QED) is 0.301. The molecule has 3 amide bonds. The Morgan fingerprint density at radius 3 is 2.51 bits per heavy atom. The highest BCUT2D eigenvalue weighted by atomic mass is 16.7. The molecule has 0 saturated heterocycles. The average Bonchev–Trinajstić information content (AvgIpc) is 3.50. The largest absolute Gasteiger partial charge is 0.497 e. The van der Waals surface area contributed by atoms with Gasteiger partial charge >= 0.3 is 0 Å². The lowest BCUT2D eigenvalue weighted by Crippen LogP contribution is -2.46. The van der Waals surface area contributed by atoms with E-state index < -0.39 is 6.04 Å². The lowest BCUT2D eigenvalue weighted by molar-refractivity contribution is -0.142. The molecule has 2 N–H and O–H groups in total. The minimum absolute atomic E-state index is 0.0692. The molecule has 0 bridgehead atoms. The summed E-state index contributed by atoms with van der Waals surface area (Å²) in [6.07, 6.45) is 7.28. The Balaban J connectivity index is 1.38. The van der Waals surface area contributed by atoms with E-state index in [1.807, 2.05) is 30.3 Å². The second kappa shape index (κ2) is 14.5. The third-order valence-electron chi connectivity index (χ3n) is 7.78. The topological polar surface area (TPSA) is 119 Å². The molecule has 226 valence electrons. The molecule has 1 aliphatic heterocycles. The molecular weight excluding hydrogens is 548 g/mol. The predicted molar refractivity (Wildman–Crippen MR) is 161 cm³/mol. The number of rotatable bonds is 12. The summed E-state index contributed by atoms with van der Waals surface area (Å²) in [7, 11) is 1.59. The van der Waals surface area contributed by atoms with E-state index in [9.17, 15) is 14.4 Å². The molecule has 2 aromatic carbocycles. The van der Waals surface area contributed by atoms with Crippen molar-refractivity contribution < 1.29 is 28.6 Å². The van der Waals surface area contributed by atoms with Gasteiger partial charge in [0, 0.05) is 31.6 Å². The molecule has 0 spiro atoms. The molecule has 1 atom stereocenters. The highest BCUT2D eigenvalue weighted by Gasteiger charge is 2.33. The van der Waals surface area contributed by atoms with Crippen LogP contribution in [0.5, 0.6) is 17.2 Å². The molecule has 10 heteroatoms. The van der Waals surface area contributed by atoms with Gasteiger partial charge in [0.05, 0.1) is 7.11 Å². The van der Waals surface area contributed by atoms with Gasteiger partial charge in [0.15, 0.2) is 11.5 Å². The summed E-state index contributed by atoms with van der Waals surface area (Å²) in [6, 6.07) is 17.2. The summed E-state index contributed by atoms with van der Waals surface area (Å²) < 4.78 is 16.4. The van der Waals surface area contributed by atoms with Crippen molar-refractivity contribution in [3.8, 4) is 17.2 Å². The van der Waals surface area contributed by atoms with Crippen LogP contribution < -0.4 is 24.8 Å². The molecule has 1 aliphatic carbocycles. The van der Waals surface area contributed by atoms with Crippen LogP contribution in [0, 0.1) is 0 Å². The van der Waals surface area contributed by atoms with Gasteiger partial charge in [0.1, 0.15) is 17.6 Å². The lowest BCUT2D eigenvalue weighted by atomic mass is 9.94. The number of pyridine rings is 1. The van der Waals surface area contributed by atoms with Crippen LogP contribution in [-0.4, -0.2) is 47.6 Å². The molecule has 1 fully saturated rings. The Morgan fingerprint density at radius 2 is 1.77 bits per heavy atom. The number of aromatic nitrogens is 1. The van der Waals surface area contributed by atoms with E-state index in [1.54, 1.807) is 48.5 Å². The maximum atomic E-state index is 14.0. The van der Waals surface area contributed by atoms with E-state index in [0.717, 1.165) is 37.7 Å². The number of carbonyl (C=O) groups excluding carboxylic acids is 3. The Labute approximate surface area is 251 Å². The van der Waals surface area contributed by atoms with Gasteiger partial charge in [-0.25, -0.2) is 4.98 Å². The maximum Gasteiger partial charge on any atom is 0.247 e. The van der Waals surface area contributed by atoms with Crippen LogP contribution in [0.4, 0.5) is 5.82 Å². The van der Waals surface area contributed by atoms with E-state index in [-0.39, 0.29) is 49.9 Å². The van der Waals surface area contributed by atoms with Gasteiger partial charge in [-0.05, 0) is 66.8 Å². The number of hydrogen-bond acceptors (Lipinski definition) is 7. The summed E-state index contributed by atoms with van der Waals surface area (Å²) in [5, 5.41) is 5.99. The first-order chi connectivity index (χ1) is 21.0. The van der Waals surface area contributed by atoms with Crippen LogP contribution in [0.25, 0.3) is 0 Å². The van der Waals surface area contributed by atoms with Crippen molar-refractivity contribution in [3.05, 3.63) is 78.0 Å². The Bertz CT molecular complexity index is 1390. The van der Waals surface area contributed by atoms with Crippen LogP contribution in [0.15, 0.2) is 66.9 Å². The molecule has 2 heterocycles. The first kappa shape index (κ1) is 29.9. The van der Waals surface area contributed by atoms with E-state index in [2.05, 4.69) is 15.6 Å². The number of ether oxygens (including phenoxy) is 3. The Morgan fingerprint density at radius 1 is 0.977 bits per heavy atom. The predicted octanol–water partition coefficient (Wildman–Crippen LogP) is 5.15. The molecule has 1 saturated carbocycles. The SMILES string of the molecule is COc1ccc([C@@H](C(=O)NC2CCCCC2)N(Cc2ccc3c(c2)OCO3)C(=O)CCCC(=O)Nc2ccccn2)cc1. The van der Waals surface area contributed by atoms with Crippen molar-refractivity contribution in [1.29, 1.82) is 0 Å². The summed E-state index contributed by atoms with van der Waals surface area (Å²) in [5.74, 6) is 1.67. The van der Waals surface area contributed by atoms with Crippen LogP contribution in [0.2, 0.25) is 0 Å². The molecule has 0 unspecified atom stereocenters. The molecule has 10 nitrogen and oxygen atoms in total. The molecule has 5 rings (SSSR count). The third kappa shape index (κ3) is 8.03. The fourth-order valence-corrected chi connectivity index (χ4v) is 5.53. The number of carbonyl (C=O) groups is 3. The van der Waals surface area contributed by atoms with Crippen molar-refractivity contribution in [2.24, 2.45) is 0 Å². The van der Waals surface area contributed by atoms with Gasteiger partial charge in [0.25, 0.3) is 0 Å². The molecule has 1 aromatic heterocycles. The van der Waals surface area contributed by atoms with Crippen molar-refractivity contribution in [1.82, 2.24) is 15.2 Å². The van der Waals surface area contributed by atoms with Crippen molar-refractivity contribution in [2.45, 2.75) is 70.0 Å². The Hall–Kier alpha value is -4.60. The number of fused-ring (bicyclic) bond motifs is 1. The van der Waals surface area contributed by atoms with Crippen LogP contribution in [0.1, 0.15) is 68.5 Å². The number of amides is 3. The number of benzene rings is 2. The normalized spacial score (nSPS) is 14.9. The number of anilines is 1. The summed E-state index contributed by atoms with van der Waals surface area (Å²) in [5.41, 5.74) is 1.48. The van der Waals surface area contributed by atoms with Gasteiger partial charge < -0.3 is 29.7 Å². The molecular formula is C33H38N4O6. The van der Waals surface area contributed by atoms with Crippen LogP contribution in [-0.2, 0) is 20.9 Å². The number of hydrogen-bond donors (Lipinski definition) is 2. The standard InChI is InChI=1S/C33H38N4O6/c1-41-26-16-14-24(15-17-26)32(33(40)35-25-8-3-2-4-9-25)37(21-23-13-18-27-28(20-23)43-22-42-27)31(39)12-7-11-30(38)36-29-10-5-6-19-34-29/h5-6,10,13-20,25,32H,2-4,7-9,11-12,21-22H2,1H3,(H,35,40)(H,34,36,38)/t32-/m0/s1. The summed E-state index contributed by atoms with van der Waals surface area (Å²) >= 11 is 0. The smallest absolute Gasteiger partial charge is 0.247 e. The van der Waals surface area contributed by atoms with Crippen LogP contribution >= 0.6 is 0 Å².